The third-order valence-electron chi connectivity index (χ3n) is 7.12. The molecule has 0 spiro atoms. The van der Waals surface area contributed by atoms with Crippen molar-refractivity contribution in [2.75, 3.05) is 24.4 Å². The lowest BCUT2D eigenvalue weighted by molar-refractivity contribution is -0.118. The number of ether oxygens (including phenoxy) is 2. The number of hydrogen-bond acceptors (Lipinski definition) is 5. The zero-order valence-electron chi connectivity index (χ0n) is 24.4. The van der Waals surface area contributed by atoms with Gasteiger partial charge in [-0.2, -0.15) is 0 Å². The van der Waals surface area contributed by atoms with E-state index in [4.69, 9.17) is 21.1 Å². The summed E-state index contributed by atoms with van der Waals surface area (Å²) in [6.45, 7) is 5.83. The van der Waals surface area contributed by atoms with Crippen molar-refractivity contribution >= 4 is 35.0 Å². The van der Waals surface area contributed by atoms with Gasteiger partial charge in [-0.3, -0.25) is 4.79 Å². The molecule has 0 unspecified atom stereocenters. The molecule has 0 atom stereocenters. The van der Waals surface area contributed by atoms with Crippen molar-refractivity contribution in [1.82, 2.24) is 4.90 Å². The topological polar surface area (TPSA) is 50.8 Å². The lowest BCUT2D eigenvalue weighted by atomic mass is 10.1. The van der Waals surface area contributed by atoms with Crippen molar-refractivity contribution in [3.8, 4) is 11.5 Å². The van der Waals surface area contributed by atoms with Gasteiger partial charge in [0.2, 0.25) is 0 Å². The van der Waals surface area contributed by atoms with Gasteiger partial charge in [0.15, 0.2) is 6.61 Å². The molecular formula is C33H47ClN2O3S. The first-order valence-electron chi connectivity index (χ1n) is 15.0. The predicted molar refractivity (Wildman–Crippen MR) is 170 cm³/mol. The van der Waals surface area contributed by atoms with Crippen molar-refractivity contribution in [2.24, 2.45) is 0 Å². The van der Waals surface area contributed by atoms with Crippen LogP contribution in [-0.2, 0) is 11.3 Å². The summed E-state index contributed by atoms with van der Waals surface area (Å²) < 4.78 is 11.5. The van der Waals surface area contributed by atoms with E-state index >= 15 is 0 Å². The van der Waals surface area contributed by atoms with Gasteiger partial charge in [0, 0.05) is 24.0 Å². The van der Waals surface area contributed by atoms with Crippen LogP contribution in [0.1, 0.15) is 96.5 Å². The number of carbonyl (C=O) groups excluding carboxylic acids is 1. The molecule has 0 saturated heterocycles. The predicted octanol–water partition coefficient (Wildman–Crippen LogP) is 9.80. The zero-order valence-corrected chi connectivity index (χ0v) is 26.0. The summed E-state index contributed by atoms with van der Waals surface area (Å²) in [5, 5.41) is 5.56. The van der Waals surface area contributed by atoms with E-state index < -0.39 is 0 Å². The van der Waals surface area contributed by atoms with Gasteiger partial charge in [0.05, 0.1) is 17.5 Å². The number of hydrogen-bond donors (Lipinski definition) is 1. The molecular weight excluding hydrogens is 540 g/mol. The highest BCUT2D eigenvalue weighted by molar-refractivity contribution is 8.02. The van der Waals surface area contributed by atoms with Crippen molar-refractivity contribution in [2.45, 2.75) is 97.4 Å². The van der Waals surface area contributed by atoms with E-state index in [1.54, 1.807) is 12.1 Å². The molecule has 0 radical (unpaired) electrons. The Kier molecular flexibility index (Phi) is 15.2. The Labute approximate surface area is 251 Å². The summed E-state index contributed by atoms with van der Waals surface area (Å²) in [4.78, 5) is 14.7. The number of nitrogens with one attached hydrogen (secondary N) is 1. The van der Waals surface area contributed by atoms with Crippen molar-refractivity contribution in [3.63, 3.8) is 0 Å². The van der Waals surface area contributed by atoms with Crippen LogP contribution in [0.5, 0.6) is 11.5 Å². The number of thioether (sulfide) groups is 1. The molecule has 1 aliphatic rings. The number of rotatable bonds is 20. The SMILES string of the molecule is CCCCCCCCCCCCCCOc1ccc(OCC(=O)Nc2ccc(CN3CSC=C3C)cc2)cc1Cl. The van der Waals surface area contributed by atoms with Crippen LogP contribution in [0.25, 0.3) is 0 Å². The highest BCUT2D eigenvalue weighted by Crippen LogP contribution is 2.29. The van der Waals surface area contributed by atoms with Gasteiger partial charge in [-0.15, -0.1) is 11.8 Å². The molecule has 0 fully saturated rings. The van der Waals surface area contributed by atoms with Crippen LogP contribution in [0.4, 0.5) is 5.69 Å². The Morgan fingerprint density at radius 3 is 2.15 bits per heavy atom. The molecule has 1 heterocycles. The van der Waals surface area contributed by atoms with Gasteiger partial charge in [0.25, 0.3) is 5.91 Å². The average Bonchev–Trinajstić information content (AvgIpc) is 3.36. The van der Waals surface area contributed by atoms with Crippen LogP contribution in [0.15, 0.2) is 53.6 Å². The standard InChI is InChI=1S/C33H47ClN2O3S/c1-3-4-5-6-7-8-9-10-11-12-13-14-21-38-32-20-19-30(22-31(32)34)39-24-33(37)35-29-17-15-28(16-18-29)23-36-26-40-25-27(36)2/h15-20,22,25H,3-14,21,23-24,26H2,1-2H3,(H,35,37). The monoisotopic (exact) mass is 586 g/mol. The molecule has 0 aromatic heterocycles. The molecule has 3 rings (SSSR count). The van der Waals surface area contributed by atoms with Gasteiger partial charge in [-0.05, 0) is 48.6 Å². The first-order valence-corrected chi connectivity index (χ1v) is 16.4. The molecule has 2 aromatic rings. The summed E-state index contributed by atoms with van der Waals surface area (Å²) in [5.74, 6) is 1.96. The summed E-state index contributed by atoms with van der Waals surface area (Å²) in [5.41, 5.74) is 3.25. The number of amides is 1. The average molecular weight is 587 g/mol. The maximum atomic E-state index is 12.4. The van der Waals surface area contributed by atoms with E-state index in [0.29, 0.717) is 23.1 Å². The number of unbranched alkanes of at least 4 members (excludes halogenated alkanes) is 11. The molecule has 40 heavy (non-hydrogen) atoms. The fourth-order valence-electron chi connectivity index (χ4n) is 4.67. The van der Waals surface area contributed by atoms with Crippen LogP contribution in [0.2, 0.25) is 5.02 Å². The molecule has 1 amide bonds. The fraction of sp³-hybridized carbons (Fsp3) is 0.545. The Hall–Kier alpha value is -2.31. The third kappa shape index (κ3) is 12.5. The zero-order chi connectivity index (χ0) is 28.4. The van der Waals surface area contributed by atoms with E-state index in [9.17, 15) is 4.79 Å². The Morgan fingerprint density at radius 1 is 0.900 bits per heavy atom. The normalized spacial score (nSPS) is 12.9. The molecule has 0 bridgehead atoms. The fourth-order valence-corrected chi connectivity index (χ4v) is 5.83. The van der Waals surface area contributed by atoms with Gasteiger partial charge in [-0.1, -0.05) is 101 Å². The molecule has 5 nitrogen and oxygen atoms in total. The van der Waals surface area contributed by atoms with Crippen LogP contribution in [0.3, 0.4) is 0 Å². The lowest BCUT2D eigenvalue weighted by Gasteiger charge is -2.19. The molecule has 7 heteroatoms. The second kappa shape index (κ2) is 18.9. The number of carbonyl (C=O) groups is 1. The van der Waals surface area contributed by atoms with E-state index in [2.05, 4.69) is 29.5 Å². The maximum Gasteiger partial charge on any atom is 0.262 e. The lowest BCUT2D eigenvalue weighted by Crippen LogP contribution is -2.20. The van der Waals surface area contributed by atoms with Crippen LogP contribution < -0.4 is 14.8 Å². The smallest absolute Gasteiger partial charge is 0.262 e. The maximum absolute atomic E-state index is 12.4. The summed E-state index contributed by atoms with van der Waals surface area (Å²) in [7, 11) is 0. The first kappa shape index (κ1) is 32.2. The van der Waals surface area contributed by atoms with Gasteiger partial charge in [0.1, 0.15) is 11.5 Å². The van der Waals surface area contributed by atoms with Gasteiger partial charge in [-0.25, -0.2) is 0 Å². The Bertz CT molecular complexity index is 1040. The second-order valence-electron chi connectivity index (χ2n) is 10.6. The Balaban J connectivity index is 1.24. The van der Waals surface area contributed by atoms with Crippen molar-refractivity contribution in [1.29, 1.82) is 0 Å². The number of nitrogens with zero attached hydrogens (tertiary/aromatic N) is 1. The summed E-state index contributed by atoms with van der Waals surface area (Å²) in [6.07, 6.45) is 15.8. The number of allylic oxidation sites excluding steroid dienone is 1. The van der Waals surface area contributed by atoms with Gasteiger partial charge < -0.3 is 19.7 Å². The largest absolute Gasteiger partial charge is 0.492 e. The van der Waals surface area contributed by atoms with Crippen molar-refractivity contribution in [3.05, 3.63) is 64.2 Å². The minimum absolute atomic E-state index is 0.0911. The molecule has 0 saturated carbocycles. The highest BCUT2D eigenvalue weighted by atomic mass is 35.5. The number of anilines is 1. The minimum atomic E-state index is -0.217. The quantitative estimate of drug-likeness (QED) is 0.156. The number of benzene rings is 2. The minimum Gasteiger partial charge on any atom is -0.492 e. The summed E-state index contributed by atoms with van der Waals surface area (Å²) in [6, 6.07) is 13.2. The Morgan fingerprint density at radius 2 is 1.55 bits per heavy atom. The molecule has 220 valence electrons. The molecule has 0 aliphatic carbocycles. The third-order valence-corrected chi connectivity index (χ3v) is 8.39. The van der Waals surface area contributed by atoms with Crippen LogP contribution in [0, 0.1) is 0 Å². The van der Waals surface area contributed by atoms with E-state index in [-0.39, 0.29) is 12.5 Å². The van der Waals surface area contributed by atoms with E-state index in [1.807, 2.05) is 42.1 Å². The van der Waals surface area contributed by atoms with E-state index in [1.165, 1.54) is 81.9 Å². The van der Waals surface area contributed by atoms with Crippen molar-refractivity contribution < 1.29 is 14.3 Å². The molecule has 1 aliphatic heterocycles. The van der Waals surface area contributed by atoms with Crippen LogP contribution >= 0.6 is 23.4 Å². The molecule has 1 N–H and O–H groups in total. The number of halogens is 1. The highest BCUT2D eigenvalue weighted by Gasteiger charge is 2.12. The molecule has 2 aromatic carbocycles. The second-order valence-corrected chi connectivity index (χ2v) is 11.9. The van der Waals surface area contributed by atoms with E-state index in [0.717, 1.165) is 24.5 Å². The van der Waals surface area contributed by atoms with Crippen LogP contribution in [-0.4, -0.2) is 29.9 Å². The van der Waals surface area contributed by atoms with Gasteiger partial charge >= 0.3 is 0 Å². The first-order chi connectivity index (χ1) is 19.5. The summed E-state index contributed by atoms with van der Waals surface area (Å²) >= 11 is 8.21.